The second kappa shape index (κ2) is 6.13. The summed E-state index contributed by atoms with van der Waals surface area (Å²) in [6.45, 7) is 1.91. The quantitative estimate of drug-likeness (QED) is 0.842. The summed E-state index contributed by atoms with van der Waals surface area (Å²) in [7, 11) is 0. The van der Waals surface area contributed by atoms with Crippen LogP contribution in [0, 0.1) is 0 Å². The van der Waals surface area contributed by atoms with E-state index in [0.29, 0.717) is 11.9 Å². The Morgan fingerprint density at radius 1 is 0.900 bits per heavy atom. The molecule has 2 aromatic heterocycles. The molecule has 0 saturated carbocycles. The van der Waals surface area contributed by atoms with Gasteiger partial charge in [0.1, 0.15) is 12.7 Å². The molecule has 0 unspecified atom stereocenters. The van der Waals surface area contributed by atoms with Crippen LogP contribution in [-0.2, 0) is 0 Å². The van der Waals surface area contributed by atoms with E-state index in [9.17, 15) is 0 Å². The van der Waals surface area contributed by atoms with E-state index in [4.69, 9.17) is 11.6 Å². The van der Waals surface area contributed by atoms with Crippen LogP contribution in [0.25, 0.3) is 5.95 Å². The number of anilines is 1. The standard InChI is InChI=1S/C12H16ClN7/c13-10-16-11(19-6-4-2-1-3-5-7-19)18-12(17-10)20-9-14-8-15-20/h8-9H,1-7H2. The highest BCUT2D eigenvalue weighted by molar-refractivity contribution is 6.28. The topological polar surface area (TPSA) is 72.6 Å². The van der Waals surface area contributed by atoms with Crippen molar-refractivity contribution < 1.29 is 0 Å². The van der Waals surface area contributed by atoms with Gasteiger partial charge in [-0.05, 0) is 24.4 Å². The van der Waals surface area contributed by atoms with Gasteiger partial charge in [-0.25, -0.2) is 4.98 Å². The summed E-state index contributed by atoms with van der Waals surface area (Å²) >= 11 is 6.01. The van der Waals surface area contributed by atoms with Crippen LogP contribution < -0.4 is 4.90 Å². The molecule has 1 aliphatic rings. The van der Waals surface area contributed by atoms with Crippen LogP contribution >= 0.6 is 11.6 Å². The fraction of sp³-hybridized carbons (Fsp3) is 0.583. The fourth-order valence-corrected chi connectivity index (χ4v) is 2.48. The van der Waals surface area contributed by atoms with Crippen molar-refractivity contribution in [3.8, 4) is 5.95 Å². The average Bonchev–Trinajstić information content (AvgIpc) is 2.91. The Morgan fingerprint density at radius 2 is 1.60 bits per heavy atom. The fourth-order valence-electron chi connectivity index (χ4n) is 2.33. The van der Waals surface area contributed by atoms with E-state index in [0.717, 1.165) is 25.9 Å². The van der Waals surface area contributed by atoms with E-state index in [2.05, 4.69) is 29.9 Å². The predicted molar refractivity (Wildman–Crippen MR) is 75.1 cm³/mol. The third-order valence-corrected chi connectivity index (χ3v) is 3.52. The van der Waals surface area contributed by atoms with Crippen LogP contribution in [0.4, 0.5) is 5.95 Å². The molecule has 7 nitrogen and oxygen atoms in total. The molecule has 0 spiro atoms. The van der Waals surface area contributed by atoms with Crippen LogP contribution in [-0.4, -0.2) is 42.8 Å². The van der Waals surface area contributed by atoms with Crippen LogP contribution in [0.5, 0.6) is 0 Å². The lowest BCUT2D eigenvalue weighted by atomic mass is 10.1. The Bertz CT molecular complexity index is 549. The minimum atomic E-state index is 0.183. The van der Waals surface area contributed by atoms with Gasteiger partial charge in [-0.15, -0.1) is 0 Å². The Labute approximate surface area is 122 Å². The Hall–Kier alpha value is -1.76. The van der Waals surface area contributed by atoms with Gasteiger partial charge in [0.2, 0.25) is 11.2 Å². The highest BCUT2D eigenvalue weighted by atomic mass is 35.5. The van der Waals surface area contributed by atoms with Crippen LogP contribution in [0.1, 0.15) is 32.1 Å². The lowest BCUT2D eigenvalue weighted by molar-refractivity contribution is 0.549. The van der Waals surface area contributed by atoms with E-state index in [1.165, 1.54) is 30.3 Å². The molecule has 3 heterocycles. The minimum absolute atomic E-state index is 0.183. The Morgan fingerprint density at radius 3 is 2.30 bits per heavy atom. The molecule has 0 aromatic carbocycles. The highest BCUT2D eigenvalue weighted by Gasteiger charge is 2.15. The first-order valence-corrected chi connectivity index (χ1v) is 7.22. The van der Waals surface area contributed by atoms with Gasteiger partial charge in [-0.3, -0.25) is 0 Å². The summed E-state index contributed by atoms with van der Waals surface area (Å²) in [5.74, 6) is 1.02. The molecule has 1 aliphatic heterocycles. The molecular formula is C12H16ClN7. The van der Waals surface area contributed by atoms with Crippen molar-refractivity contribution in [2.24, 2.45) is 0 Å². The van der Waals surface area contributed by atoms with Crippen molar-refractivity contribution in [2.75, 3.05) is 18.0 Å². The van der Waals surface area contributed by atoms with Crippen LogP contribution in [0.2, 0.25) is 5.28 Å². The van der Waals surface area contributed by atoms with Gasteiger partial charge >= 0.3 is 0 Å². The van der Waals surface area contributed by atoms with Crippen molar-refractivity contribution >= 4 is 17.5 Å². The third kappa shape index (κ3) is 3.04. The molecular weight excluding hydrogens is 278 g/mol. The van der Waals surface area contributed by atoms with Crippen LogP contribution in [0.3, 0.4) is 0 Å². The molecule has 0 aliphatic carbocycles. The molecule has 0 N–H and O–H groups in total. The van der Waals surface area contributed by atoms with Gasteiger partial charge in [-0.2, -0.15) is 24.7 Å². The van der Waals surface area contributed by atoms with Crippen molar-refractivity contribution in [2.45, 2.75) is 32.1 Å². The third-order valence-electron chi connectivity index (χ3n) is 3.35. The number of halogens is 1. The lowest BCUT2D eigenvalue weighted by Crippen LogP contribution is -2.29. The van der Waals surface area contributed by atoms with E-state index < -0.39 is 0 Å². The maximum Gasteiger partial charge on any atom is 0.258 e. The van der Waals surface area contributed by atoms with E-state index in [-0.39, 0.29) is 5.28 Å². The first kappa shape index (κ1) is 13.2. The molecule has 106 valence electrons. The first-order valence-electron chi connectivity index (χ1n) is 6.84. The number of aromatic nitrogens is 6. The summed E-state index contributed by atoms with van der Waals surface area (Å²) in [6, 6.07) is 0. The van der Waals surface area contributed by atoms with Gasteiger partial charge in [0.15, 0.2) is 0 Å². The zero-order valence-corrected chi connectivity index (χ0v) is 11.9. The number of hydrogen-bond acceptors (Lipinski definition) is 6. The maximum atomic E-state index is 6.01. The Balaban J connectivity index is 1.88. The van der Waals surface area contributed by atoms with Gasteiger partial charge in [-0.1, -0.05) is 19.3 Å². The number of nitrogens with zero attached hydrogens (tertiary/aromatic N) is 7. The molecule has 3 rings (SSSR count). The molecule has 1 fully saturated rings. The first-order chi connectivity index (χ1) is 9.83. The molecule has 2 aromatic rings. The summed E-state index contributed by atoms with van der Waals surface area (Å²) in [6.07, 6.45) is 9.12. The molecule has 20 heavy (non-hydrogen) atoms. The SMILES string of the molecule is Clc1nc(N2CCCCCCC2)nc(-n2cncn2)n1. The van der Waals surface area contributed by atoms with Crippen molar-refractivity contribution in [3.63, 3.8) is 0 Å². The summed E-state index contributed by atoms with van der Waals surface area (Å²) < 4.78 is 1.49. The zero-order chi connectivity index (χ0) is 13.8. The molecule has 0 amide bonds. The second-order valence-electron chi connectivity index (χ2n) is 4.80. The van der Waals surface area contributed by atoms with Crippen LogP contribution in [0.15, 0.2) is 12.7 Å². The molecule has 1 saturated heterocycles. The molecule has 0 radical (unpaired) electrons. The monoisotopic (exact) mass is 293 g/mol. The average molecular weight is 294 g/mol. The summed E-state index contributed by atoms with van der Waals surface area (Å²) in [4.78, 5) is 18.9. The minimum Gasteiger partial charge on any atom is -0.341 e. The zero-order valence-electron chi connectivity index (χ0n) is 11.1. The normalized spacial score (nSPS) is 16.8. The molecule has 0 atom stereocenters. The highest BCUT2D eigenvalue weighted by Crippen LogP contribution is 2.17. The van der Waals surface area contributed by atoms with Crippen molar-refractivity contribution in [1.29, 1.82) is 0 Å². The van der Waals surface area contributed by atoms with E-state index in [1.54, 1.807) is 6.33 Å². The molecule has 8 heteroatoms. The van der Waals surface area contributed by atoms with Gasteiger partial charge in [0.25, 0.3) is 5.95 Å². The lowest BCUT2D eigenvalue weighted by Gasteiger charge is -2.24. The number of hydrogen-bond donors (Lipinski definition) is 0. The van der Waals surface area contributed by atoms with E-state index >= 15 is 0 Å². The summed E-state index contributed by atoms with van der Waals surface area (Å²) in [5.41, 5.74) is 0. The van der Waals surface area contributed by atoms with Crippen molar-refractivity contribution in [3.05, 3.63) is 17.9 Å². The summed E-state index contributed by atoms with van der Waals surface area (Å²) in [5, 5.41) is 4.21. The van der Waals surface area contributed by atoms with Crippen molar-refractivity contribution in [1.82, 2.24) is 29.7 Å². The van der Waals surface area contributed by atoms with E-state index in [1.807, 2.05) is 0 Å². The molecule has 0 bridgehead atoms. The smallest absolute Gasteiger partial charge is 0.258 e. The number of rotatable bonds is 2. The second-order valence-corrected chi connectivity index (χ2v) is 5.14. The Kier molecular flexibility index (Phi) is 4.05. The largest absolute Gasteiger partial charge is 0.341 e. The van der Waals surface area contributed by atoms with Gasteiger partial charge in [0.05, 0.1) is 0 Å². The maximum absolute atomic E-state index is 6.01. The predicted octanol–water partition coefficient (Wildman–Crippen LogP) is 1.88. The van der Waals surface area contributed by atoms with Gasteiger partial charge in [0, 0.05) is 13.1 Å². The van der Waals surface area contributed by atoms with Gasteiger partial charge < -0.3 is 4.90 Å².